The van der Waals surface area contributed by atoms with Gasteiger partial charge >= 0.3 is 5.97 Å². The highest BCUT2D eigenvalue weighted by Gasteiger charge is 2.20. The highest BCUT2D eigenvalue weighted by atomic mass is 19.1. The van der Waals surface area contributed by atoms with E-state index in [0.29, 0.717) is 17.0 Å². The van der Waals surface area contributed by atoms with Gasteiger partial charge in [0.25, 0.3) is 5.89 Å². The summed E-state index contributed by atoms with van der Waals surface area (Å²) in [4.78, 5) is 20.2. The summed E-state index contributed by atoms with van der Waals surface area (Å²) in [6.45, 7) is 3.22. The van der Waals surface area contributed by atoms with Crippen molar-refractivity contribution in [2.24, 2.45) is 0 Å². The molecule has 0 unspecified atom stereocenters. The monoisotopic (exact) mass is 327 g/mol. The molecule has 0 fully saturated rings. The Morgan fingerprint density at radius 3 is 2.88 bits per heavy atom. The number of benzene rings is 1. The maximum absolute atomic E-state index is 13.5. The Morgan fingerprint density at radius 2 is 2.17 bits per heavy atom. The quantitative estimate of drug-likeness (QED) is 0.683. The van der Waals surface area contributed by atoms with Crippen LogP contribution >= 0.6 is 0 Å². The highest BCUT2D eigenvalue weighted by molar-refractivity contribution is 5.89. The molecule has 24 heavy (non-hydrogen) atoms. The molecule has 0 radical (unpaired) electrons. The first kappa shape index (κ1) is 15.8. The zero-order chi connectivity index (χ0) is 17.1. The maximum atomic E-state index is 13.5. The molecular formula is C17H14FN3O3. The van der Waals surface area contributed by atoms with Gasteiger partial charge in [-0.05, 0) is 43.7 Å². The van der Waals surface area contributed by atoms with Gasteiger partial charge in [0.05, 0.1) is 5.56 Å². The van der Waals surface area contributed by atoms with Crippen molar-refractivity contribution >= 4 is 5.97 Å². The molecule has 6 nitrogen and oxygen atoms in total. The van der Waals surface area contributed by atoms with Crippen molar-refractivity contribution in [2.45, 2.75) is 20.0 Å². The second-order valence-corrected chi connectivity index (χ2v) is 5.21. The summed E-state index contributed by atoms with van der Waals surface area (Å²) in [6.07, 6.45) is 2.47. The fourth-order valence-corrected chi connectivity index (χ4v) is 2.01. The minimum Gasteiger partial charge on any atom is -0.449 e. The SMILES string of the molecule is Cc1ccc(C(=O)O[C@@H](C)c2nc(-c3cccnc3)no2)cc1F. The molecule has 2 aromatic heterocycles. The average Bonchev–Trinajstić information content (AvgIpc) is 3.08. The number of pyridine rings is 1. The van der Waals surface area contributed by atoms with Crippen LogP contribution in [0.1, 0.15) is 34.8 Å². The van der Waals surface area contributed by atoms with Crippen LogP contribution in [0.15, 0.2) is 47.2 Å². The first-order valence-electron chi connectivity index (χ1n) is 7.25. The van der Waals surface area contributed by atoms with Gasteiger partial charge in [0.15, 0.2) is 6.10 Å². The molecule has 0 aliphatic carbocycles. The van der Waals surface area contributed by atoms with E-state index >= 15 is 0 Å². The average molecular weight is 327 g/mol. The van der Waals surface area contributed by atoms with Gasteiger partial charge in [-0.2, -0.15) is 4.98 Å². The second-order valence-electron chi connectivity index (χ2n) is 5.21. The lowest BCUT2D eigenvalue weighted by Crippen LogP contribution is -2.10. The lowest BCUT2D eigenvalue weighted by Gasteiger charge is -2.09. The van der Waals surface area contributed by atoms with Crippen LogP contribution in [0.4, 0.5) is 4.39 Å². The number of carbonyl (C=O) groups excluding carboxylic acids is 1. The number of halogens is 1. The number of esters is 1. The number of hydrogen-bond donors (Lipinski definition) is 0. The fourth-order valence-electron chi connectivity index (χ4n) is 2.01. The largest absolute Gasteiger partial charge is 0.449 e. The van der Waals surface area contributed by atoms with Gasteiger partial charge in [0, 0.05) is 18.0 Å². The Morgan fingerprint density at radius 1 is 1.33 bits per heavy atom. The summed E-state index contributed by atoms with van der Waals surface area (Å²) in [5.74, 6) is -0.631. The lowest BCUT2D eigenvalue weighted by atomic mass is 10.1. The molecule has 1 aromatic carbocycles. The Labute approximate surface area is 137 Å². The molecule has 0 saturated carbocycles. The molecule has 7 heteroatoms. The van der Waals surface area contributed by atoms with Gasteiger partial charge in [0.1, 0.15) is 5.82 Å². The number of rotatable bonds is 4. The van der Waals surface area contributed by atoms with E-state index in [9.17, 15) is 9.18 Å². The molecule has 0 spiro atoms. The number of ether oxygens (including phenoxy) is 1. The van der Waals surface area contributed by atoms with Crippen LogP contribution in [-0.4, -0.2) is 21.1 Å². The minimum atomic E-state index is -0.764. The van der Waals surface area contributed by atoms with Crippen molar-refractivity contribution < 1.29 is 18.4 Å². The third-order valence-corrected chi connectivity index (χ3v) is 3.40. The molecule has 1 atom stereocenters. The van der Waals surface area contributed by atoms with Crippen molar-refractivity contribution in [3.05, 3.63) is 65.6 Å². The number of carbonyl (C=O) groups is 1. The topological polar surface area (TPSA) is 78.1 Å². The zero-order valence-corrected chi connectivity index (χ0v) is 13.1. The van der Waals surface area contributed by atoms with Crippen molar-refractivity contribution in [3.8, 4) is 11.4 Å². The molecule has 0 aliphatic rings. The highest BCUT2D eigenvalue weighted by Crippen LogP contribution is 2.21. The summed E-state index contributed by atoms with van der Waals surface area (Å²) in [5, 5.41) is 3.84. The molecule has 3 aromatic rings. The van der Waals surface area contributed by atoms with E-state index in [2.05, 4.69) is 15.1 Å². The number of aromatic nitrogens is 3. The maximum Gasteiger partial charge on any atom is 0.339 e. The number of nitrogens with zero attached hydrogens (tertiary/aromatic N) is 3. The standard InChI is InChI=1S/C17H14FN3O3/c1-10-5-6-12(8-14(10)18)17(22)23-11(2)16-20-15(21-24-16)13-4-3-7-19-9-13/h3-9,11H,1-2H3/t11-/m0/s1. The first-order valence-corrected chi connectivity index (χ1v) is 7.25. The van der Waals surface area contributed by atoms with Crippen LogP contribution in [0.3, 0.4) is 0 Å². The van der Waals surface area contributed by atoms with E-state index in [1.807, 2.05) is 0 Å². The second kappa shape index (κ2) is 6.57. The minimum absolute atomic E-state index is 0.122. The molecule has 0 N–H and O–H groups in total. The van der Waals surface area contributed by atoms with Crippen molar-refractivity contribution in [1.82, 2.24) is 15.1 Å². The van der Waals surface area contributed by atoms with Crippen LogP contribution in [0.5, 0.6) is 0 Å². The summed E-state index contributed by atoms with van der Waals surface area (Å²) in [5.41, 5.74) is 1.26. The molecular weight excluding hydrogens is 313 g/mol. The van der Waals surface area contributed by atoms with Crippen LogP contribution < -0.4 is 0 Å². The summed E-state index contributed by atoms with van der Waals surface area (Å²) >= 11 is 0. The third kappa shape index (κ3) is 3.29. The van der Waals surface area contributed by atoms with E-state index in [0.717, 1.165) is 6.07 Å². The predicted molar refractivity (Wildman–Crippen MR) is 82.5 cm³/mol. The van der Waals surface area contributed by atoms with Gasteiger partial charge in [-0.15, -0.1) is 0 Å². The first-order chi connectivity index (χ1) is 11.5. The number of aryl methyl sites for hydroxylation is 1. The van der Waals surface area contributed by atoms with Crippen molar-refractivity contribution in [1.29, 1.82) is 0 Å². The van der Waals surface area contributed by atoms with Gasteiger partial charge in [0.2, 0.25) is 5.82 Å². The van der Waals surface area contributed by atoms with E-state index < -0.39 is 17.9 Å². The molecule has 0 aliphatic heterocycles. The van der Waals surface area contributed by atoms with E-state index in [4.69, 9.17) is 9.26 Å². The Hall–Kier alpha value is -3.09. The molecule has 2 heterocycles. The Kier molecular flexibility index (Phi) is 4.33. The van der Waals surface area contributed by atoms with E-state index in [1.54, 1.807) is 38.4 Å². The van der Waals surface area contributed by atoms with Crippen LogP contribution in [0.25, 0.3) is 11.4 Å². The third-order valence-electron chi connectivity index (χ3n) is 3.40. The number of hydrogen-bond acceptors (Lipinski definition) is 6. The zero-order valence-electron chi connectivity index (χ0n) is 13.1. The predicted octanol–water partition coefficient (Wildman–Crippen LogP) is 3.50. The molecule has 3 rings (SSSR count). The van der Waals surface area contributed by atoms with Crippen molar-refractivity contribution in [3.63, 3.8) is 0 Å². The fraction of sp³-hybridized carbons (Fsp3) is 0.176. The molecule has 122 valence electrons. The van der Waals surface area contributed by atoms with Crippen LogP contribution in [0, 0.1) is 12.7 Å². The Bertz CT molecular complexity index is 865. The lowest BCUT2D eigenvalue weighted by molar-refractivity contribution is 0.0265. The van der Waals surface area contributed by atoms with Gasteiger partial charge in [-0.1, -0.05) is 11.2 Å². The Balaban J connectivity index is 1.73. The molecule has 0 bridgehead atoms. The summed E-state index contributed by atoms with van der Waals surface area (Å²) < 4.78 is 23.9. The summed E-state index contributed by atoms with van der Waals surface area (Å²) in [7, 11) is 0. The van der Waals surface area contributed by atoms with Crippen molar-refractivity contribution in [2.75, 3.05) is 0 Å². The molecule has 0 amide bonds. The summed E-state index contributed by atoms with van der Waals surface area (Å²) in [6, 6.07) is 7.69. The van der Waals surface area contributed by atoms with Gasteiger partial charge < -0.3 is 9.26 Å². The smallest absolute Gasteiger partial charge is 0.339 e. The van der Waals surface area contributed by atoms with Gasteiger partial charge in [-0.3, -0.25) is 4.98 Å². The van der Waals surface area contributed by atoms with Crippen LogP contribution in [-0.2, 0) is 4.74 Å². The van der Waals surface area contributed by atoms with Gasteiger partial charge in [-0.25, -0.2) is 9.18 Å². The van der Waals surface area contributed by atoms with E-state index in [1.165, 1.54) is 12.1 Å². The van der Waals surface area contributed by atoms with E-state index in [-0.39, 0.29) is 11.5 Å². The van der Waals surface area contributed by atoms with Crippen LogP contribution in [0.2, 0.25) is 0 Å². The molecule has 0 saturated heterocycles. The normalized spacial score (nSPS) is 12.0.